The van der Waals surface area contributed by atoms with Gasteiger partial charge in [0.05, 0.1) is 15.6 Å². The van der Waals surface area contributed by atoms with Gasteiger partial charge in [-0.05, 0) is 35.2 Å². The van der Waals surface area contributed by atoms with E-state index in [9.17, 15) is 13.2 Å². The smallest absolute Gasteiger partial charge is 0.275 e. The topological polar surface area (TPSA) is 101 Å². The first-order chi connectivity index (χ1) is 12.9. The molecule has 2 N–H and O–H groups in total. The highest BCUT2D eigenvalue weighted by Gasteiger charge is 2.21. The molecule has 2 aromatic heterocycles. The summed E-state index contributed by atoms with van der Waals surface area (Å²) in [6.45, 7) is 3.58. The number of sulfonamides is 1. The molecule has 0 atom stereocenters. The second-order valence-electron chi connectivity index (χ2n) is 5.20. The number of carbonyl (C=O) groups is 1. The number of hydrogen-bond acceptors (Lipinski definition) is 6. The van der Waals surface area contributed by atoms with Crippen molar-refractivity contribution >= 4 is 51.0 Å². The summed E-state index contributed by atoms with van der Waals surface area (Å²) in [5.74, 6) is -0.0282. The zero-order valence-electron chi connectivity index (χ0n) is 13.7. The molecule has 0 saturated heterocycles. The van der Waals surface area contributed by atoms with Crippen LogP contribution in [0.15, 0.2) is 59.4 Å². The zero-order valence-corrected chi connectivity index (χ0v) is 16.1. The van der Waals surface area contributed by atoms with E-state index in [0.717, 1.165) is 4.88 Å². The minimum Gasteiger partial charge on any atom is -0.275 e. The van der Waals surface area contributed by atoms with E-state index in [1.807, 2.05) is 22.2 Å². The largest absolute Gasteiger partial charge is 0.335 e. The van der Waals surface area contributed by atoms with Crippen molar-refractivity contribution in [2.45, 2.75) is 4.90 Å². The van der Waals surface area contributed by atoms with Gasteiger partial charge in [0.2, 0.25) is 5.95 Å². The van der Waals surface area contributed by atoms with Crippen LogP contribution in [0.25, 0.3) is 16.6 Å². The van der Waals surface area contributed by atoms with Gasteiger partial charge in [0.1, 0.15) is 4.90 Å². The van der Waals surface area contributed by atoms with Gasteiger partial charge >= 0.3 is 6.03 Å². The number of nitrogens with zero attached hydrogens (tertiary/aromatic N) is 2. The summed E-state index contributed by atoms with van der Waals surface area (Å²) in [6.07, 6.45) is 2.94. The number of anilines is 1. The van der Waals surface area contributed by atoms with Crippen molar-refractivity contribution in [1.29, 1.82) is 0 Å². The Morgan fingerprint density at radius 2 is 2.07 bits per heavy atom. The number of aromatic nitrogens is 2. The van der Waals surface area contributed by atoms with Crippen LogP contribution in [0, 0.1) is 0 Å². The molecule has 0 aliphatic carbocycles. The Morgan fingerprint density at radius 3 is 2.78 bits per heavy atom. The van der Waals surface area contributed by atoms with E-state index in [1.165, 1.54) is 35.7 Å². The van der Waals surface area contributed by atoms with Gasteiger partial charge in [-0.25, -0.2) is 27.9 Å². The molecule has 0 fully saturated rings. The maximum atomic E-state index is 12.4. The minimum atomic E-state index is -4.19. The molecular weight excluding hydrogens is 408 g/mol. The second kappa shape index (κ2) is 7.87. The van der Waals surface area contributed by atoms with Crippen molar-refractivity contribution in [1.82, 2.24) is 14.7 Å². The van der Waals surface area contributed by atoms with Gasteiger partial charge in [-0.3, -0.25) is 5.32 Å². The van der Waals surface area contributed by atoms with Crippen molar-refractivity contribution < 1.29 is 13.2 Å². The van der Waals surface area contributed by atoms with Crippen LogP contribution in [-0.2, 0) is 10.0 Å². The Hall–Kier alpha value is -2.75. The Labute approximate surface area is 164 Å². The third-order valence-electron chi connectivity index (χ3n) is 3.36. The number of nitrogens with one attached hydrogen (secondary N) is 2. The molecule has 0 unspecified atom stereocenters. The van der Waals surface area contributed by atoms with Crippen LogP contribution >= 0.6 is 22.9 Å². The fourth-order valence-corrected chi connectivity index (χ4v) is 4.28. The molecule has 10 heteroatoms. The molecule has 2 amide bonds. The fraction of sp³-hybridized carbons (Fsp3) is 0. The highest BCUT2D eigenvalue weighted by molar-refractivity contribution is 7.90. The summed E-state index contributed by atoms with van der Waals surface area (Å²) in [5, 5.41) is 4.19. The van der Waals surface area contributed by atoms with Crippen LogP contribution in [0.5, 0.6) is 0 Å². The molecule has 138 valence electrons. The molecule has 0 spiro atoms. The summed E-state index contributed by atoms with van der Waals surface area (Å²) in [4.78, 5) is 20.9. The lowest BCUT2D eigenvalue weighted by atomic mass is 10.2. The molecule has 2 heterocycles. The Balaban J connectivity index is 1.78. The molecule has 1 aromatic carbocycles. The molecule has 0 aliphatic rings. The number of thiophene rings is 1. The first-order valence-corrected chi connectivity index (χ1v) is 10.3. The van der Waals surface area contributed by atoms with Crippen LogP contribution in [0.4, 0.5) is 10.7 Å². The predicted octanol–water partition coefficient (Wildman–Crippen LogP) is 4.01. The lowest BCUT2D eigenvalue weighted by molar-refractivity contribution is 0.256. The maximum absolute atomic E-state index is 12.4. The Bertz CT molecular complexity index is 1100. The lowest BCUT2D eigenvalue weighted by Gasteiger charge is -2.10. The molecule has 0 bridgehead atoms. The standard InChI is InChI=1S/C17H13ClN4O3S2/c1-2-11-5-6-12(18)15(10-11)27(24,25)22-17(23)21-16-19-8-7-13(20-16)14-4-3-9-26-14/h2-10H,1H2,(H2,19,20,21,22,23). The van der Waals surface area contributed by atoms with Crippen LogP contribution in [0.2, 0.25) is 5.02 Å². The number of carbonyl (C=O) groups excluding carboxylic acids is 1. The summed E-state index contributed by atoms with van der Waals surface area (Å²) < 4.78 is 26.8. The van der Waals surface area contributed by atoms with E-state index in [1.54, 1.807) is 12.1 Å². The van der Waals surface area contributed by atoms with Crippen molar-refractivity contribution in [2.75, 3.05) is 5.32 Å². The van der Waals surface area contributed by atoms with E-state index in [2.05, 4.69) is 21.9 Å². The van der Waals surface area contributed by atoms with Crippen LogP contribution < -0.4 is 10.0 Å². The normalized spacial score (nSPS) is 11.0. The minimum absolute atomic E-state index is 0.0168. The number of halogens is 1. The van der Waals surface area contributed by atoms with Gasteiger partial charge < -0.3 is 0 Å². The third-order valence-corrected chi connectivity index (χ3v) is 6.07. The number of urea groups is 1. The molecule has 7 nitrogen and oxygen atoms in total. The van der Waals surface area contributed by atoms with E-state index < -0.39 is 16.1 Å². The molecule has 27 heavy (non-hydrogen) atoms. The number of hydrogen-bond donors (Lipinski definition) is 2. The monoisotopic (exact) mass is 420 g/mol. The SMILES string of the molecule is C=Cc1ccc(Cl)c(S(=O)(=O)NC(=O)Nc2nccc(-c3cccs3)n2)c1. The third kappa shape index (κ3) is 4.51. The first kappa shape index (κ1) is 19.0. The van der Waals surface area contributed by atoms with Gasteiger partial charge in [-0.1, -0.05) is 36.4 Å². The van der Waals surface area contributed by atoms with E-state index >= 15 is 0 Å². The highest BCUT2D eigenvalue weighted by Crippen LogP contribution is 2.24. The van der Waals surface area contributed by atoms with Gasteiger partial charge in [0.25, 0.3) is 10.0 Å². The average Bonchev–Trinajstić information content (AvgIpc) is 3.16. The van der Waals surface area contributed by atoms with Gasteiger partial charge in [0.15, 0.2) is 0 Å². The van der Waals surface area contributed by atoms with Crippen LogP contribution in [-0.4, -0.2) is 24.4 Å². The van der Waals surface area contributed by atoms with Crippen molar-refractivity contribution in [3.8, 4) is 10.6 Å². The first-order valence-electron chi connectivity index (χ1n) is 7.52. The average molecular weight is 421 g/mol. The van der Waals surface area contributed by atoms with Crippen molar-refractivity contribution in [2.24, 2.45) is 0 Å². The van der Waals surface area contributed by atoms with E-state index in [0.29, 0.717) is 11.3 Å². The van der Waals surface area contributed by atoms with Gasteiger partial charge in [0, 0.05) is 6.20 Å². The maximum Gasteiger partial charge on any atom is 0.335 e. The van der Waals surface area contributed by atoms with Crippen LogP contribution in [0.3, 0.4) is 0 Å². The number of rotatable bonds is 5. The summed E-state index contributed by atoms with van der Waals surface area (Å²) in [5.41, 5.74) is 1.16. The van der Waals surface area contributed by atoms with E-state index in [-0.39, 0.29) is 15.9 Å². The van der Waals surface area contributed by atoms with Gasteiger partial charge in [-0.2, -0.15) is 0 Å². The number of benzene rings is 1. The molecule has 0 radical (unpaired) electrons. The lowest BCUT2D eigenvalue weighted by Crippen LogP contribution is -2.35. The Kier molecular flexibility index (Phi) is 5.54. The molecule has 0 saturated carbocycles. The second-order valence-corrected chi connectivity index (χ2v) is 8.20. The predicted molar refractivity (Wildman–Crippen MR) is 106 cm³/mol. The van der Waals surface area contributed by atoms with Gasteiger partial charge in [-0.15, -0.1) is 11.3 Å². The molecule has 0 aliphatic heterocycles. The highest BCUT2D eigenvalue weighted by atomic mass is 35.5. The zero-order chi connectivity index (χ0) is 19.4. The van der Waals surface area contributed by atoms with Crippen molar-refractivity contribution in [3.05, 3.63) is 65.1 Å². The quantitative estimate of drug-likeness (QED) is 0.649. The molecule has 3 aromatic rings. The van der Waals surface area contributed by atoms with E-state index in [4.69, 9.17) is 11.6 Å². The molecular formula is C17H13ClN4O3S2. The number of amides is 2. The van der Waals surface area contributed by atoms with Crippen LogP contribution in [0.1, 0.15) is 5.56 Å². The summed E-state index contributed by atoms with van der Waals surface area (Å²) in [6, 6.07) is 8.77. The summed E-state index contributed by atoms with van der Waals surface area (Å²) >= 11 is 7.43. The summed E-state index contributed by atoms with van der Waals surface area (Å²) in [7, 11) is -4.19. The fourth-order valence-electron chi connectivity index (χ4n) is 2.14. The van der Waals surface area contributed by atoms with Crippen molar-refractivity contribution in [3.63, 3.8) is 0 Å². The molecule has 3 rings (SSSR count). The Morgan fingerprint density at radius 1 is 1.26 bits per heavy atom.